The van der Waals surface area contributed by atoms with Crippen LogP contribution in [0.15, 0.2) is 42.5 Å². The molecular formula is C19H19ClN2O2. The molecule has 0 radical (unpaired) electrons. The zero-order valence-corrected chi connectivity index (χ0v) is 14.2. The van der Waals surface area contributed by atoms with Crippen molar-refractivity contribution in [2.24, 2.45) is 5.92 Å². The monoisotopic (exact) mass is 342 g/mol. The molecule has 5 heteroatoms. The van der Waals surface area contributed by atoms with E-state index in [1.807, 2.05) is 31.2 Å². The van der Waals surface area contributed by atoms with Crippen LogP contribution in [-0.2, 0) is 16.0 Å². The third kappa shape index (κ3) is 4.36. The number of nitrogens with one attached hydrogen (secondary N) is 2. The second-order valence-electron chi connectivity index (χ2n) is 6.14. The Kier molecular flexibility index (Phi) is 4.86. The number of benzene rings is 2. The van der Waals surface area contributed by atoms with Crippen LogP contribution in [0.1, 0.15) is 24.0 Å². The number of rotatable bonds is 5. The molecule has 0 bridgehead atoms. The summed E-state index contributed by atoms with van der Waals surface area (Å²) in [4.78, 5) is 24.1. The number of aryl methyl sites for hydroxylation is 1. The Morgan fingerprint density at radius 3 is 2.46 bits per heavy atom. The highest BCUT2D eigenvalue weighted by Gasteiger charge is 2.29. The van der Waals surface area contributed by atoms with Gasteiger partial charge in [-0.3, -0.25) is 9.59 Å². The van der Waals surface area contributed by atoms with E-state index in [1.54, 1.807) is 18.2 Å². The summed E-state index contributed by atoms with van der Waals surface area (Å²) in [6, 6.07) is 12.7. The molecule has 1 aliphatic rings. The number of amides is 2. The van der Waals surface area contributed by atoms with Crippen LogP contribution in [0, 0.1) is 12.8 Å². The molecule has 2 amide bonds. The van der Waals surface area contributed by atoms with Crippen molar-refractivity contribution in [3.8, 4) is 0 Å². The SMILES string of the molecule is Cc1ccc(NC(=O)Cc2ccc(Cl)cc2)cc1NC(=O)C1CC1. The first-order chi connectivity index (χ1) is 11.5. The molecule has 1 fully saturated rings. The lowest BCUT2D eigenvalue weighted by Crippen LogP contribution is -2.16. The number of carbonyl (C=O) groups is 2. The molecule has 1 saturated carbocycles. The standard InChI is InChI=1S/C19H19ClN2O2/c1-12-2-9-16(11-17(12)22-19(24)14-5-6-14)21-18(23)10-13-3-7-15(20)8-4-13/h2-4,7-9,11,14H,5-6,10H2,1H3,(H,21,23)(H,22,24). The summed E-state index contributed by atoms with van der Waals surface area (Å²) in [5.74, 6) is 0.0935. The first-order valence-corrected chi connectivity index (χ1v) is 8.35. The highest BCUT2D eigenvalue weighted by molar-refractivity contribution is 6.30. The Morgan fingerprint density at radius 1 is 1.08 bits per heavy atom. The Morgan fingerprint density at radius 2 is 1.79 bits per heavy atom. The second kappa shape index (κ2) is 7.05. The van der Waals surface area contributed by atoms with Gasteiger partial charge in [-0.25, -0.2) is 0 Å². The van der Waals surface area contributed by atoms with Gasteiger partial charge in [0, 0.05) is 22.3 Å². The molecule has 0 saturated heterocycles. The van der Waals surface area contributed by atoms with Crippen molar-refractivity contribution in [1.29, 1.82) is 0 Å². The zero-order valence-electron chi connectivity index (χ0n) is 13.4. The smallest absolute Gasteiger partial charge is 0.228 e. The fraction of sp³-hybridized carbons (Fsp3) is 0.263. The summed E-state index contributed by atoms with van der Waals surface area (Å²) in [7, 11) is 0. The van der Waals surface area contributed by atoms with Gasteiger partial charge in [0.25, 0.3) is 0 Å². The number of hydrogen-bond donors (Lipinski definition) is 2. The van der Waals surface area contributed by atoms with Gasteiger partial charge < -0.3 is 10.6 Å². The fourth-order valence-corrected chi connectivity index (χ4v) is 2.53. The largest absolute Gasteiger partial charge is 0.326 e. The number of hydrogen-bond acceptors (Lipinski definition) is 2. The molecule has 0 heterocycles. The minimum Gasteiger partial charge on any atom is -0.326 e. The van der Waals surface area contributed by atoms with E-state index in [1.165, 1.54) is 0 Å². The Bertz CT molecular complexity index is 767. The maximum absolute atomic E-state index is 12.2. The number of halogens is 1. The molecule has 0 aromatic heterocycles. The number of anilines is 2. The first-order valence-electron chi connectivity index (χ1n) is 7.97. The molecule has 0 aliphatic heterocycles. The molecule has 4 nitrogen and oxygen atoms in total. The van der Waals surface area contributed by atoms with Crippen molar-refractivity contribution in [2.45, 2.75) is 26.2 Å². The van der Waals surface area contributed by atoms with Gasteiger partial charge in [0.15, 0.2) is 0 Å². The highest BCUT2D eigenvalue weighted by Crippen LogP contribution is 2.31. The minimum absolute atomic E-state index is 0.0581. The topological polar surface area (TPSA) is 58.2 Å². The van der Waals surface area contributed by atoms with E-state index < -0.39 is 0 Å². The lowest BCUT2D eigenvalue weighted by Gasteiger charge is -2.11. The van der Waals surface area contributed by atoms with Crippen molar-refractivity contribution >= 4 is 34.8 Å². The van der Waals surface area contributed by atoms with E-state index in [-0.39, 0.29) is 24.2 Å². The molecule has 2 N–H and O–H groups in total. The first kappa shape index (κ1) is 16.5. The Hall–Kier alpha value is -2.33. The lowest BCUT2D eigenvalue weighted by molar-refractivity contribution is -0.117. The summed E-state index contributed by atoms with van der Waals surface area (Å²) in [6.45, 7) is 1.93. The van der Waals surface area contributed by atoms with E-state index in [2.05, 4.69) is 10.6 Å². The average molecular weight is 343 g/mol. The second-order valence-corrected chi connectivity index (χ2v) is 6.58. The lowest BCUT2D eigenvalue weighted by atomic mass is 10.1. The van der Waals surface area contributed by atoms with E-state index in [0.29, 0.717) is 10.7 Å². The van der Waals surface area contributed by atoms with E-state index in [9.17, 15) is 9.59 Å². The quantitative estimate of drug-likeness (QED) is 0.856. The van der Waals surface area contributed by atoms with Gasteiger partial charge >= 0.3 is 0 Å². The Labute approximate surface area is 146 Å². The van der Waals surface area contributed by atoms with Gasteiger partial charge in [-0.15, -0.1) is 0 Å². The van der Waals surface area contributed by atoms with Crippen molar-refractivity contribution in [3.63, 3.8) is 0 Å². The van der Waals surface area contributed by atoms with Crippen molar-refractivity contribution in [1.82, 2.24) is 0 Å². The third-order valence-corrected chi connectivity index (χ3v) is 4.26. The predicted octanol–water partition coefficient (Wildman–Crippen LogP) is 4.18. The maximum Gasteiger partial charge on any atom is 0.228 e. The molecule has 2 aromatic carbocycles. The summed E-state index contributed by atoms with van der Waals surface area (Å²) in [5, 5.41) is 6.45. The van der Waals surface area contributed by atoms with Crippen molar-refractivity contribution < 1.29 is 9.59 Å². The predicted molar refractivity (Wildman–Crippen MR) is 96.3 cm³/mol. The molecule has 3 rings (SSSR count). The van der Waals surface area contributed by atoms with Gasteiger partial charge in [0.1, 0.15) is 0 Å². The van der Waals surface area contributed by atoms with Crippen molar-refractivity contribution in [3.05, 3.63) is 58.6 Å². The van der Waals surface area contributed by atoms with Gasteiger partial charge in [0.2, 0.25) is 11.8 Å². The maximum atomic E-state index is 12.2. The van der Waals surface area contributed by atoms with Gasteiger partial charge in [-0.2, -0.15) is 0 Å². The van der Waals surface area contributed by atoms with Crippen LogP contribution >= 0.6 is 11.6 Å². The van der Waals surface area contributed by atoms with Crippen molar-refractivity contribution in [2.75, 3.05) is 10.6 Å². The third-order valence-electron chi connectivity index (χ3n) is 4.01. The summed E-state index contributed by atoms with van der Waals surface area (Å²) >= 11 is 5.84. The Balaban J connectivity index is 1.64. The molecule has 24 heavy (non-hydrogen) atoms. The van der Waals surface area contributed by atoms with Gasteiger partial charge in [-0.05, 0) is 55.2 Å². The van der Waals surface area contributed by atoms with Gasteiger partial charge in [0.05, 0.1) is 6.42 Å². The van der Waals surface area contributed by atoms with Crippen LogP contribution in [0.5, 0.6) is 0 Å². The van der Waals surface area contributed by atoms with Crippen LogP contribution in [0.2, 0.25) is 5.02 Å². The zero-order chi connectivity index (χ0) is 17.1. The molecule has 2 aromatic rings. The molecular weight excluding hydrogens is 324 g/mol. The van der Waals surface area contributed by atoms with E-state index in [4.69, 9.17) is 11.6 Å². The van der Waals surface area contributed by atoms with Crippen LogP contribution in [0.3, 0.4) is 0 Å². The van der Waals surface area contributed by atoms with E-state index in [0.717, 1.165) is 29.7 Å². The van der Waals surface area contributed by atoms with Crippen LogP contribution in [0.4, 0.5) is 11.4 Å². The van der Waals surface area contributed by atoms with E-state index >= 15 is 0 Å². The van der Waals surface area contributed by atoms with Crippen LogP contribution in [0.25, 0.3) is 0 Å². The highest BCUT2D eigenvalue weighted by atomic mass is 35.5. The minimum atomic E-state index is -0.111. The van der Waals surface area contributed by atoms with Crippen LogP contribution in [-0.4, -0.2) is 11.8 Å². The summed E-state index contributed by atoms with van der Waals surface area (Å²) in [5.41, 5.74) is 3.29. The normalized spacial score (nSPS) is 13.4. The summed E-state index contributed by atoms with van der Waals surface area (Å²) in [6.07, 6.45) is 2.19. The molecule has 1 aliphatic carbocycles. The summed E-state index contributed by atoms with van der Waals surface area (Å²) < 4.78 is 0. The van der Waals surface area contributed by atoms with Gasteiger partial charge in [-0.1, -0.05) is 29.8 Å². The van der Waals surface area contributed by atoms with Crippen LogP contribution < -0.4 is 10.6 Å². The molecule has 124 valence electrons. The molecule has 0 atom stereocenters. The molecule has 0 spiro atoms. The molecule has 0 unspecified atom stereocenters. The average Bonchev–Trinajstić information content (AvgIpc) is 3.38. The number of carbonyl (C=O) groups excluding carboxylic acids is 2. The fourth-order valence-electron chi connectivity index (χ4n) is 2.41.